The molecule has 2 aliphatic heterocycles. The zero-order valence-corrected chi connectivity index (χ0v) is 13.3. The highest BCUT2D eigenvalue weighted by atomic mass is 16.7. The predicted molar refractivity (Wildman–Crippen MR) is 76.3 cm³/mol. The maximum absolute atomic E-state index is 10.3. The van der Waals surface area contributed by atoms with E-state index in [0.29, 0.717) is 0 Å². The number of ether oxygens (including phenoxy) is 2. The Hall–Kier alpha value is -0.400. The number of aliphatic hydroxyl groups excluding tert-OH is 6. The number of rotatable bonds is 4. The zero-order chi connectivity index (χ0) is 17.6. The first-order valence-electron chi connectivity index (χ1n) is 8.01. The summed E-state index contributed by atoms with van der Waals surface area (Å²) >= 11 is 0. The molecule has 2 saturated heterocycles. The van der Waals surface area contributed by atoms with Crippen LogP contribution in [-0.2, 0) is 14.3 Å². The van der Waals surface area contributed by atoms with Crippen molar-refractivity contribution in [2.24, 2.45) is 5.92 Å². The van der Waals surface area contributed by atoms with Gasteiger partial charge in [-0.1, -0.05) is 0 Å². The molecule has 0 aromatic carbocycles. The smallest absolute Gasteiger partial charge is 0.185 e. The number of fused-ring (bicyclic) bond motifs is 2. The molecule has 1 saturated carbocycles. The van der Waals surface area contributed by atoms with Gasteiger partial charge in [0.1, 0.15) is 36.6 Å². The third-order valence-electron chi connectivity index (χ3n) is 5.20. The molecule has 6 N–H and O–H groups in total. The molecule has 2 bridgehead atoms. The van der Waals surface area contributed by atoms with Crippen LogP contribution in [0.1, 0.15) is 6.42 Å². The lowest BCUT2D eigenvalue weighted by atomic mass is 9.81. The van der Waals surface area contributed by atoms with Crippen LogP contribution >= 0.6 is 0 Å². The molecule has 3 rings (SSSR count). The quantitative estimate of drug-likeness (QED) is 0.297. The van der Waals surface area contributed by atoms with Gasteiger partial charge in [-0.05, 0) is 6.42 Å². The second-order valence-electron chi connectivity index (χ2n) is 6.64. The average molecular weight is 351 g/mol. The van der Waals surface area contributed by atoms with Crippen LogP contribution in [-0.4, -0.2) is 111 Å². The fourth-order valence-corrected chi connectivity index (χ4v) is 3.76. The van der Waals surface area contributed by atoms with E-state index in [9.17, 15) is 30.6 Å². The number of nitrogens with zero attached hydrogens (tertiary/aromatic N) is 1. The summed E-state index contributed by atoms with van der Waals surface area (Å²) in [6, 6.07) is -0.808. The van der Waals surface area contributed by atoms with Gasteiger partial charge in [-0.3, -0.25) is 4.84 Å². The number of methoxy groups -OCH3 is 1. The summed E-state index contributed by atoms with van der Waals surface area (Å²) in [7, 11) is 1.38. The number of aliphatic hydroxyl groups is 6. The van der Waals surface area contributed by atoms with Crippen molar-refractivity contribution in [2.75, 3.05) is 20.3 Å². The first kappa shape index (κ1) is 18.4. The van der Waals surface area contributed by atoms with Gasteiger partial charge in [0, 0.05) is 19.6 Å². The van der Waals surface area contributed by atoms with Gasteiger partial charge in [-0.25, -0.2) is 0 Å². The third kappa shape index (κ3) is 2.97. The molecule has 10 heteroatoms. The molecule has 0 aromatic heterocycles. The van der Waals surface area contributed by atoms with Crippen molar-refractivity contribution in [1.29, 1.82) is 0 Å². The molecule has 1 aliphatic carbocycles. The summed E-state index contributed by atoms with van der Waals surface area (Å²) in [5.41, 5.74) is 0. The molecule has 3 fully saturated rings. The predicted octanol–water partition coefficient (Wildman–Crippen LogP) is -3.84. The lowest BCUT2D eigenvalue weighted by Crippen LogP contribution is -2.59. The minimum Gasteiger partial charge on any atom is -0.396 e. The molecule has 0 unspecified atom stereocenters. The number of hydroxylamine groups is 2. The van der Waals surface area contributed by atoms with Crippen molar-refractivity contribution in [2.45, 2.75) is 61.5 Å². The highest BCUT2D eigenvalue weighted by molar-refractivity contribution is 5.01. The molecule has 0 aromatic rings. The highest BCUT2D eigenvalue weighted by Crippen LogP contribution is 2.35. The molecular weight excluding hydrogens is 326 g/mol. The summed E-state index contributed by atoms with van der Waals surface area (Å²) in [4.78, 5) is 5.71. The molecule has 0 spiro atoms. The zero-order valence-electron chi connectivity index (χ0n) is 13.3. The Labute approximate surface area is 138 Å². The molecule has 0 radical (unpaired) electrons. The number of hydrogen-bond donors (Lipinski definition) is 6. The normalized spacial score (nSPS) is 52.6. The van der Waals surface area contributed by atoms with Gasteiger partial charge in [-0.2, -0.15) is 5.06 Å². The van der Waals surface area contributed by atoms with Crippen molar-refractivity contribution in [1.82, 2.24) is 5.06 Å². The Morgan fingerprint density at radius 2 is 1.71 bits per heavy atom. The molecule has 2 heterocycles. The molecule has 140 valence electrons. The van der Waals surface area contributed by atoms with E-state index in [2.05, 4.69) is 0 Å². The second kappa shape index (κ2) is 7.08. The van der Waals surface area contributed by atoms with Crippen molar-refractivity contribution >= 4 is 0 Å². The second-order valence-corrected chi connectivity index (χ2v) is 6.64. The lowest BCUT2D eigenvalue weighted by Gasteiger charge is -2.42. The minimum absolute atomic E-state index is 0.116. The molecular formula is C14H25NO9. The van der Waals surface area contributed by atoms with Crippen molar-refractivity contribution < 1.29 is 45.0 Å². The monoisotopic (exact) mass is 351 g/mol. The van der Waals surface area contributed by atoms with E-state index in [0.717, 1.165) is 0 Å². The van der Waals surface area contributed by atoms with Crippen LogP contribution in [0.3, 0.4) is 0 Å². The first-order chi connectivity index (χ1) is 11.4. The van der Waals surface area contributed by atoms with Gasteiger partial charge in [0.15, 0.2) is 6.29 Å². The van der Waals surface area contributed by atoms with Gasteiger partial charge in [0.05, 0.1) is 18.7 Å². The van der Waals surface area contributed by atoms with Crippen LogP contribution in [0, 0.1) is 5.92 Å². The van der Waals surface area contributed by atoms with Crippen LogP contribution in [0.5, 0.6) is 0 Å². The van der Waals surface area contributed by atoms with Crippen LogP contribution in [0.4, 0.5) is 0 Å². The molecule has 24 heavy (non-hydrogen) atoms. The Morgan fingerprint density at radius 3 is 2.33 bits per heavy atom. The van der Waals surface area contributed by atoms with Gasteiger partial charge >= 0.3 is 0 Å². The average Bonchev–Trinajstić information content (AvgIpc) is 2.78. The summed E-state index contributed by atoms with van der Waals surface area (Å²) < 4.78 is 10.5. The van der Waals surface area contributed by atoms with E-state index in [-0.39, 0.29) is 19.6 Å². The molecule has 10 nitrogen and oxygen atoms in total. The summed E-state index contributed by atoms with van der Waals surface area (Å²) in [5, 5.41) is 61.0. The molecule has 3 aliphatic rings. The minimum atomic E-state index is -1.46. The van der Waals surface area contributed by atoms with E-state index >= 15 is 0 Å². The van der Waals surface area contributed by atoms with E-state index in [1.165, 1.54) is 12.2 Å². The summed E-state index contributed by atoms with van der Waals surface area (Å²) in [5.74, 6) is -0.645. The van der Waals surface area contributed by atoms with Crippen molar-refractivity contribution in [3.8, 4) is 0 Å². The standard InChI is InChI=1S/C14H25NO9/c1-22-14-12(20)8-10(18)7(23-14)3-15(8)24-6-2-5(4-16)9(17)13(21)11(6)19/h5-14,16-21H,2-4H2,1H3/t5-,6+,7-,8+,9-,10-,11-,12+,13+,14+/m1/s1. The fourth-order valence-electron chi connectivity index (χ4n) is 3.76. The lowest BCUT2D eigenvalue weighted by molar-refractivity contribution is -0.293. The van der Waals surface area contributed by atoms with Gasteiger partial charge in [-0.15, -0.1) is 0 Å². The molecule has 0 amide bonds. The van der Waals surface area contributed by atoms with Crippen LogP contribution < -0.4 is 0 Å². The first-order valence-corrected chi connectivity index (χ1v) is 8.01. The van der Waals surface area contributed by atoms with E-state index in [1.54, 1.807) is 0 Å². The van der Waals surface area contributed by atoms with Gasteiger partial charge in [0.2, 0.25) is 0 Å². The fraction of sp³-hybridized carbons (Fsp3) is 1.00. The van der Waals surface area contributed by atoms with E-state index < -0.39 is 61.0 Å². The maximum atomic E-state index is 10.3. The Balaban J connectivity index is 1.71. The topological polar surface area (TPSA) is 152 Å². The summed E-state index contributed by atoms with van der Waals surface area (Å²) in [6.45, 7) is -0.217. The molecule has 10 atom stereocenters. The third-order valence-corrected chi connectivity index (χ3v) is 5.20. The van der Waals surface area contributed by atoms with E-state index in [1.807, 2.05) is 0 Å². The van der Waals surface area contributed by atoms with Crippen molar-refractivity contribution in [3.05, 3.63) is 0 Å². The Morgan fingerprint density at radius 1 is 1.00 bits per heavy atom. The summed E-state index contributed by atoms with van der Waals surface area (Å²) in [6.07, 6.45) is -8.52. The Kier molecular flexibility index (Phi) is 5.42. The van der Waals surface area contributed by atoms with Crippen molar-refractivity contribution in [3.63, 3.8) is 0 Å². The van der Waals surface area contributed by atoms with Crippen LogP contribution in [0.15, 0.2) is 0 Å². The van der Waals surface area contributed by atoms with Gasteiger partial charge < -0.3 is 40.1 Å². The van der Waals surface area contributed by atoms with Crippen LogP contribution in [0.25, 0.3) is 0 Å². The SMILES string of the molecule is CO[C@H]1O[C@@H]2CN(O[C@H]3C[C@H](CO)[C@@H](O)[C@H](O)[C@@H]3O)[C@H]([C@@H]1O)[C@@H]2O. The van der Waals surface area contributed by atoms with Gasteiger partial charge in [0.25, 0.3) is 0 Å². The van der Waals surface area contributed by atoms with E-state index in [4.69, 9.17) is 14.3 Å². The maximum Gasteiger partial charge on any atom is 0.185 e. The number of hydrogen-bond acceptors (Lipinski definition) is 10. The Bertz CT molecular complexity index is 438. The van der Waals surface area contributed by atoms with Crippen LogP contribution in [0.2, 0.25) is 0 Å². The highest BCUT2D eigenvalue weighted by Gasteiger charge is 2.55. The largest absolute Gasteiger partial charge is 0.396 e.